The van der Waals surface area contributed by atoms with Crippen LogP contribution in [-0.2, 0) is 16.6 Å². The molecule has 0 saturated carbocycles. The van der Waals surface area contributed by atoms with E-state index < -0.39 is 10.0 Å². The molecule has 1 atom stereocenters. The second-order valence-electron chi connectivity index (χ2n) is 8.94. The van der Waals surface area contributed by atoms with Gasteiger partial charge in [-0.1, -0.05) is 26.0 Å². The second-order valence-corrected chi connectivity index (χ2v) is 10.9. The van der Waals surface area contributed by atoms with Crippen molar-refractivity contribution in [3.8, 4) is 0 Å². The molecule has 1 aromatic rings. The first-order valence-electron chi connectivity index (χ1n) is 11.7. The predicted octanol–water partition coefficient (Wildman–Crippen LogP) is 3.26. The maximum Gasteiger partial charge on any atom is 0.243 e. The maximum atomic E-state index is 12.9. The largest absolute Gasteiger partial charge is 0.354 e. The lowest BCUT2D eigenvalue weighted by atomic mass is 10.0. The van der Waals surface area contributed by atoms with Gasteiger partial charge in [0.25, 0.3) is 0 Å². The van der Waals surface area contributed by atoms with Gasteiger partial charge in [-0.2, -0.15) is 4.31 Å². The molecule has 1 unspecified atom stereocenters. The van der Waals surface area contributed by atoms with Crippen LogP contribution in [0, 0.1) is 5.92 Å². The van der Waals surface area contributed by atoms with Crippen molar-refractivity contribution in [3.05, 3.63) is 29.8 Å². The molecule has 0 aliphatic carbocycles. The smallest absolute Gasteiger partial charge is 0.243 e. The van der Waals surface area contributed by atoms with Gasteiger partial charge in [-0.15, -0.1) is 24.0 Å². The average Bonchev–Trinajstić information content (AvgIpc) is 2.78. The number of rotatable bonds is 7. The average molecular weight is 578 g/mol. The van der Waals surface area contributed by atoms with Crippen LogP contribution >= 0.6 is 24.0 Å². The Morgan fingerprint density at radius 3 is 2.41 bits per heavy atom. The van der Waals surface area contributed by atoms with E-state index in [1.165, 1.54) is 13.0 Å². The minimum absolute atomic E-state index is 0. The maximum absolute atomic E-state index is 12.9. The van der Waals surface area contributed by atoms with E-state index in [2.05, 4.69) is 34.4 Å². The first-order chi connectivity index (χ1) is 14.9. The van der Waals surface area contributed by atoms with Gasteiger partial charge in [0.15, 0.2) is 5.96 Å². The molecule has 2 aliphatic heterocycles. The Hall–Kier alpha value is -0.910. The number of likely N-dealkylation sites (tertiary alicyclic amines) is 1. The lowest BCUT2D eigenvalue weighted by Gasteiger charge is -2.32. The van der Waals surface area contributed by atoms with Crippen LogP contribution in [0.4, 0.5) is 0 Å². The second kappa shape index (κ2) is 13.1. The first-order valence-corrected chi connectivity index (χ1v) is 13.1. The quantitative estimate of drug-likeness (QED) is 0.296. The van der Waals surface area contributed by atoms with Crippen molar-refractivity contribution in [3.63, 3.8) is 0 Å². The zero-order valence-electron chi connectivity index (χ0n) is 19.7. The molecule has 0 aromatic heterocycles. The van der Waals surface area contributed by atoms with Crippen LogP contribution in [0.1, 0.15) is 51.5 Å². The highest BCUT2D eigenvalue weighted by Crippen LogP contribution is 2.23. The Morgan fingerprint density at radius 2 is 1.81 bits per heavy atom. The number of hydrogen-bond acceptors (Lipinski definition) is 4. The number of nitrogens with zero attached hydrogens (tertiary/aromatic N) is 3. The van der Waals surface area contributed by atoms with Gasteiger partial charge in [-0.05, 0) is 62.3 Å². The van der Waals surface area contributed by atoms with E-state index in [-0.39, 0.29) is 24.0 Å². The van der Waals surface area contributed by atoms with Gasteiger partial charge in [0, 0.05) is 45.8 Å². The first kappa shape index (κ1) is 27.3. The van der Waals surface area contributed by atoms with Gasteiger partial charge < -0.3 is 15.5 Å². The third-order valence-electron chi connectivity index (χ3n) is 6.33. The number of aliphatic imine (C=N–C) groups is 1. The minimum atomic E-state index is -3.40. The summed E-state index contributed by atoms with van der Waals surface area (Å²) in [6.07, 6.45) is 5.50. The normalized spacial score (nSPS) is 21.7. The lowest BCUT2D eigenvalue weighted by molar-refractivity contribution is 0.206. The Labute approximate surface area is 211 Å². The number of guanidine groups is 1. The van der Waals surface area contributed by atoms with Gasteiger partial charge in [0.05, 0.1) is 4.90 Å². The molecule has 1 aromatic carbocycles. The van der Waals surface area contributed by atoms with Crippen molar-refractivity contribution in [1.82, 2.24) is 19.8 Å². The lowest BCUT2D eigenvalue weighted by Crippen LogP contribution is -2.48. The van der Waals surface area contributed by atoms with E-state index in [1.54, 1.807) is 23.5 Å². The summed E-state index contributed by atoms with van der Waals surface area (Å²) in [6, 6.07) is 7.68. The highest BCUT2D eigenvalue weighted by molar-refractivity contribution is 14.0. The zero-order chi connectivity index (χ0) is 22.3. The molecule has 2 aliphatic rings. The summed E-state index contributed by atoms with van der Waals surface area (Å²) in [5, 5.41) is 6.89. The van der Waals surface area contributed by atoms with Crippen molar-refractivity contribution < 1.29 is 8.42 Å². The summed E-state index contributed by atoms with van der Waals surface area (Å²) in [5.41, 5.74) is 1.03. The van der Waals surface area contributed by atoms with Crippen LogP contribution in [0.2, 0.25) is 0 Å². The summed E-state index contributed by atoms with van der Waals surface area (Å²) in [6.45, 7) is 9.64. The predicted molar refractivity (Wildman–Crippen MR) is 142 cm³/mol. The molecule has 182 valence electrons. The number of hydrogen-bond donors (Lipinski definition) is 2. The summed E-state index contributed by atoms with van der Waals surface area (Å²) in [7, 11) is -1.61. The summed E-state index contributed by atoms with van der Waals surface area (Å²) < 4.78 is 27.5. The van der Waals surface area contributed by atoms with E-state index in [1.807, 2.05) is 12.1 Å². The molecule has 0 radical (unpaired) electrons. The van der Waals surface area contributed by atoms with Crippen molar-refractivity contribution in [2.24, 2.45) is 10.9 Å². The van der Waals surface area contributed by atoms with E-state index in [0.717, 1.165) is 50.3 Å². The molecule has 0 spiro atoms. The summed E-state index contributed by atoms with van der Waals surface area (Å²) >= 11 is 0. The number of benzene rings is 1. The summed E-state index contributed by atoms with van der Waals surface area (Å²) in [4.78, 5) is 7.26. The van der Waals surface area contributed by atoms with Crippen LogP contribution in [-0.4, -0.2) is 69.4 Å². The van der Waals surface area contributed by atoms with Crippen LogP contribution in [0.3, 0.4) is 0 Å². The molecule has 9 heteroatoms. The van der Waals surface area contributed by atoms with Gasteiger partial charge in [0.1, 0.15) is 0 Å². The van der Waals surface area contributed by atoms with Gasteiger partial charge in [-0.3, -0.25) is 4.99 Å². The Kier molecular flexibility index (Phi) is 11.2. The fourth-order valence-corrected chi connectivity index (χ4v) is 6.08. The SMILES string of the molecule is CCCN1CCC(NC(=NC)NCc2ccc(S(=O)(=O)N3CCCC(C)C3)cc2)CC1.I. The van der Waals surface area contributed by atoms with Crippen molar-refractivity contribution >= 4 is 40.0 Å². The third kappa shape index (κ3) is 7.56. The van der Waals surface area contributed by atoms with Gasteiger partial charge in [-0.25, -0.2) is 8.42 Å². The number of nitrogens with one attached hydrogen (secondary N) is 2. The van der Waals surface area contributed by atoms with Gasteiger partial charge in [0.2, 0.25) is 10.0 Å². The fraction of sp³-hybridized carbons (Fsp3) is 0.696. The number of halogens is 1. The third-order valence-corrected chi connectivity index (χ3v) is 8.21. The van der Waals surface area contributed by atoms with E-state index in [9.17, 15) is 8.42 Å². The van der Waals surface area contributed by atoms with Crippen molar-refractivity contribution in [2.45, 2.75) is 63.4 Å². The molecular weight excluding hydrogens is 537 g/mol. The van der Waals surface area contributed by atoms with Crippen molar-refractivity contribution in [2.75, 3.05) is 39.8 Å². The molecule has 2 fully saturated rings. The Balaban J connectivity index is 0.00000363. The van der Waals surface area contributed by atoms with Crippen LogP contribution in [0.5, 0.6) is 0 Å². The molecule has 32 heavy (non-hydrogen) atoms. The Bertz CT molecular complexity index is 823. The molecule has 2 N–H and O–H groups in total. The molecule has 2 saturated heterocycles. The molecular formula is C23H40IN5O2S. The molecule has 0 bridgehead atoms. The molecule has 3 rings (SSSR count). The number of piperidine rings is 2. The van der Waals surface area contributed by atoms with E-state index in [0.29, 0.717) is 36.5 Å². The number of sulfonamides is 1. The zero-order valence-corrected chi connectivity index (χ0v) is 22.9. The summed E-state index contributed by atoms with van der Waals surface area (Å²) in [5.74, 6) is 1.22. The van der Waals surface area contributed by atoms with E-state index >= 15 is 0 Å². The molecule has 2 heterocycles. The van der Waals surface area contributed by atoms with Gasteiger partial charge >= 0.3 is 0 Å². The standard InChI is InChI=1S/C23H39N5O2S.HI/c1-4-13-27-15-11-21(12-16-27)26-23(24-3)25-17-20-7-9-22(10-8-20)31(29,30)28-14-5-6-19(2)18-28;/h7-10,19,21H,4-6,11-18H2,1-3H3,(H2,24,25,26);1H. The molecule has 7 nitrogen and oxygen atoms in total. The minimum Gasteiger partial charge on any atom is -0.354 e. The monoisotopic (exact) mass is 577 g/mol. The van der Waals surface area contributed by atoms with Crippen molar-refractivity contribution in [1.29, 1.82) is 0 Å². The van der Waals surface area contributed by atoms with Crippen LogP contribution < -0.4 is 10.6 Å². The van der Waals surface area contributed by atoms with Crippen LogP contribution in [0.25, 0.3) is 0 Å². The van der Waals surface area contributed by atoms with E-state index in [4.69, 9.17) is 0 Å². The Morgan fingerprint density at radius 1 is 1.12 bits per heavy atom. The highest BCUT2D eigenvalue weighted by atomic mass is 127. The highest BCUT2D eigenvalue weighted by Gasteiger charge is 2.28. The van der Waals surface area contributed by atoms with Crippen LogP contribution in [0.15, 0.2) is 34.2 Å². The fourth-order valence-electron chi connectivity index (χ4n) is 4.48. The molecule has 0 amide bonds. The topological polar surface area (TPSA) is 77.0 Å².